The van der Waals surface area contributed by atoms with E-state index in [9.17, 15) is 9.59 Å². The second-order valence-corrected chi connectivity index (χ2v) is 6.73. The average Bonchev–Trinajstić information content (AvgIpc) is 2.77. The lowest BCUT2D eigenvalue weighted by Gasteiger charge is -2.26. The molecule has 9 nitrogen and oxygen atoms in total. The Labute approximate surface area is 175 Å². The van der Waals surface area contributed by atoms with Crippen molar-refractivity contribution in [2.45, 2.75) is 26.2 Å². The van der Waals surface area contributed by atoms with Gasteiger partial charge in [0.1, 0.15) is 0 Å². The summed E-state index contributed by atoms with van der Waals surface area (Å²) in [6.07, 6.45) is 7.07. The van der Waals surface area contributed by atoms with Crippen LogP contribution in [0.1, 0.15) is 31.7 Å². The van der Waals surface area contributed by atoms with Crippen molar-refractivity contribution in [1.29, 1.82) is 5.41 Å². The standard InChI is InChI=1S/C21H26N6O3/c1-3-27(15-18(11-16(2)12-22)17-7-6-9-23-13-17)21(29)26-25-14-20(28)30-19-8-4-5-10-24-19/h4-10,12-13,16,18,22H,3,11,14-15H2,1-2H3. The van der Waals surface area contributed by atoms with Gasteiger partial charge in [0.05, 0.1) is 0 Å². The van der Waals surface area contributed by atoms with E-state index in [-0.39, 0.29) is 24.3 Å². The summed E-state index contributed by atoms with van der Waals surface area (Å²) < 4.78 is 5.00. The lowest BCUT2D eigenvalue weighted by molar-refractivity contribution is -0.133. The lowest BCUT2D eigenvalue weighted by Crippen LogP contribution is -2.33. The Kier molecular flexibility index (Phi) is 9.23. The largest absolute Gasteiger partial charge is 0.406 e. The van der Waals surface area contributed by atoms with Crippen molar-refractivity contribution in [3.05, 3.63) is 54.5 Å². The Balaban J connectivity index is 1.96. The van der Waals surface area contributed by atoms with Gasteiger partial charge in [-0.3, -0.25) is 4.98 Å². The molecule has 158 valence electrons. The molecule has 2 atom stereocenters. The summed E-state index contributed by atoms with van der Waals surface area (Å²) in [7, 11) is 0. The van der Waals surface area contributed by atoms with Gasteiger partial charge >= 0.3 is 12.0 Å². The normalized spacial score (nSPS) is 12.9. The maximum absolute atomic E-state index is 12.5. The van der Waals surface area contributed by atoms with Crippen molar-refractivity contribution < 1.29 is 14.3 Å². The first-order valence-corrected chi connectivity index (χ1v) is 9.72. The molecule has 2 heterocycles. The van der Waals surface area contributed by atoms with Crippen LogP contribution in [0.25, 0.3) is 0 Å². The third-order valence-electron chi connectivity index (χ3n) is 4.40. The number of pyridine rings is 2. The summed E-state index contributed by atoms with van der Waals surface area (Å²) in [5.74, 6) is -0.421. The van der Waals surface area contributed by atoms with Crippen LogP contribution in [-0.4, -0.2) is 52.7 Å². The predicted molar refractivity (Wildman–Crippen MR) is 112 cm³/mol. The third kappa shape index (κ3) is 7.50. The molecule has 0 aliphatic rings. The molecule has 0 fully saturated rings. The fourth-order valence-corrected chi connectivity index (χ4v) is 2.83. The minimum Gasteiger partial charge on any atom is -0.406 e. The monoisotopic (exact) mass is 410 g/mol. The number of ether oxygens (including phenoxy) is 1. The molecule has 0 spiro atoms. The van der Waals surface area contributed by atoms with Gasteiger partial charge in [0, 0.05) is 43.7 Å². The Morgan fingerprint density at radius 2 is 2.10 bits per heavy atom. The number of amides is 2. The highest BCUT2D eigenvalue weighted by atomic mass is 16.5. The van der Waals surface area contributed by atoms with Gasteiger partial charge in [-0.2, -0.15) is 5.11 Å². The molecule has 0 saturated heterocycles. The summed E-state index contributed by atoms with van der Waals surface area (Å²) in [4.78, 5) is 33.9. The van der Waals surface area contributed by atoms with Crippen LogP contribution >= 0.6 is 0 Å². The molecular weight excluding hydrogens is 384 g/mol. The van der Waals surface area contributed by atoms with Gasteiger partial charge in [0.25, 0.3) is 0 Å². The van der Waals surface area contributed by atoms with Crippen LogP contribution in [0.2, 0.25) is 0 Å². The van der Waals surface area contributed by atoms with E-state index < -0.39 is 12.0 Å². The summed E-state index contributed by atoms with van der Waals surface area (Å²) in [6, 6.07) is 8.23. The Morgan fingerprint density at radius 1 is 1.27 bits per heavy atom. The zero-order chi connectivity index (χ0) is 21.8. The molecule has 0 aromatic carbocycles. The van der Waals surface area contributed by atoms with Crippen LogP contribution in [0, 0.1) is 11.3 Å². The first kappa shape index (κ1) is 22.8. The van der Waals surface area contributed by atoms with E-state index in [1.165, 1.54) is 12.4 Å². The molecule has 9 heteroatoms. The van der Waals surface area contributed by atoms with Crippen LogP contribution in [-0.2, 0) is 4.79 Å². The predicted octanol–water partition coefficient (Wildman–Crippen LogP) is 3.74. The molecule has 1 N–H and O–H groups in total. The minimum atomic E-state index is -0.652. The molecule has 2 unspecified atom stereocenters. The maximum atomic E-state index is 12.5. The lowest BCUT2D eigenvalue weighted by atomic mass is 9.90. The van der Waals surface area contributed by atoms with Gasteiger partial charge in [0.2, 0.25) is 5.88 Å². The van der Waals surface area contributed by atoms with E-state index in [0.717, 1.165) is 5.56 Å². The smallest absolute Gasteiger partial charge is 0.361 e. The Hall–Kier alpha value is -3.49. The molecule has 2 amide bonds. The van der Waals surface area contributed by atoms with E-state index in [4.69, 9.17) is 10.1 Å². The zero-order valence-electron chi connectivity index (χ0n) is 17.1. The fourth-order valence-electron chi connectivity index (χ4n) is 2.83. The minimum absolute atomic E-state index is 0.00326. The number of rotatable bonds is 10. The van der Waals surface area contributed by atoms with Crippen LogP contribution in [0.15, 0.2) is 59.2 Å². The van der Waals surface area contributed by atoms with Crippen molar-refractivity contribution in [2.75, 3.05) is 19.6 Å². The number of esters is 1. The molecule has 0 saturated carbocycles. The highest BCUT2D eigenvalue weighted by Crippen LogP contribution is 2.24. The number of hydrogen-bond donors (Lipinski definition) is 1. The highest BCUT2D eigenvalue weighted by molar-refractivity contribution is 5.76. The average molecular weight is 410 g/mol. The van der Waals surface area contributed by atoms with Crippen molar-refractivity contribution in [3.8, 4) is 5.88 Å². The Morgan fingerprint density at radius 3 is 2.73 bits per heavy atom. The van der Waals surface area contributed by atoms with Crippen LogP contribution < -0.4 is 4.74 Å². The Bertz CT molecular complexity index is 844. The zero-order valence-corrected chi connectivity index (χ0v) is 17.1. The summed E-state index contributed by atoms with van der Waals surface area (Å²) >= 11 is 0. The van der Waals surface area contributed by atoms with E-state index in [0.29, 0.717) is 19.5 Å². The number of carbonyl (C=O) groups is 2. The van der Waals surface area contributed by atoms with Crippen LogP contribution in [0.5, 0.6) is 5.88 Å². The molecule has 2 aromatic heterocycles. The highest BCUT2D eigenvalue weighted by Gasteiger charge is 2.21. The summed E-state index contributed by atoms with van der Waals surface area (Å²) in [6.45, 7) is 4.28. The number of nitrogens with zero attached hydrogens (tertiary/aromatic N) is 5. The van der Waals surface area contributed by atoms with Crippen molar-refractivity contribution in [2.24, 2.45) is 16.1 Å². The summed E-state index contributed by atoms with van der Waals surface area (Å²) in [5.41, 5.74) is 0.994. The summed E-state index contributed by atoms with van der Waals surface area (Å²) in [5, 5.41) is 14.8. The molecule has 0 bridgehead atoms. The van der Waals surface area contributed by atoms with Gasteiger partial charge < -0.3 is 15.0 Å². The quantitative estimate of drug-likeness (QED) is 0.363. The third-order valence-corrected chi connectivity index (χ3v) is 4.40. The fraction of sp³-hybridized carbons (Fsp3) is 0.381. The van der Waals surface area contributed by atoms with Gasteiger partial charge in [-0.25, -0.2) is 14.6 Å². The molecule has 0 radical (unpaired) electrons. The second-order valence-electron chi connectivity index (χ2n) is 6.73. The number of aromatic nitrogens is 2. The molecular formula is C21H26N6O3. The molecule has 30 heavy (non-hydrogen) atoms. The van der Waals surface area contributed by atoms with Crippen LogP contribution in [0.4, 0.5) is 4.79 Å². The molecule has 2 rings (SSSR count). The molecule has 0 aliphatic carbocycles. The van der Waals surface area contributed by atoms with E-state index in [1.54, 1.807) is 35.5 Å². The number of nitrogens with one attached hydrogen (secondary N) is 1. The van der Waals surface area contributed by atoms with Gasteiger partial charge in [-0.15, -0.1) is 0 Å². The first-order valence-electron chi connectivity index (χ1n) is 9.72. The first-order chi connectivity index (χ1) is 14.5. The molecule has 2 aromatic rings. The van der Waals surface area contributed by atoms with Gasteiger partial charge in [-0.1, -0.05) is 24.2 Å². The number of urea groups is 1. The number of carbonyl (C=O) groups excluding carboxylic acids is 2. The maximum Gasteiger partial charge on any atom is 0.361 e. The van der Waals surface area contributed by atoms with Gasteiger partial charge in [0.15, 0.2) is 6.54 Å². The molecule has 0 aliphatic heterocycles. The van der Waals surface area contributed by atoms with Crippen molar-refractivity contribution in [1.82, 2.24) is 14.9 Å². The second kappa shape index (κ2) is 12.2. The van der Waals surface area contributed by atoms with Crippen molar-refractivity contribution in [3.63, 3.8) is 0 Å². The number of azo groups is 1. The topological polar surface area (TPSA) is 121 Å². The van der Waals surface area contributed by atoms with E-state index >= 15 is 0 Å². The van der Waals surface area contributed by atoms with Crippen molar-refractivity contribution >= 4 is 18.2 Å². The van der Waals surface area contributed by atoms with E-state index in [1.807, 2.05) is 26.0 Å². The van der Waals surface area contributed by atoms with Crippen LogP contribution in [0.3, 0.4) is 0 Å². The van der Waals surface area contributed by atoms with Gasteiger partial charge in [-0.05, 0) is 43.2 Å². The number of hydrogen-bond acceptors (Lipinski definition) is 7. The number of likely N-dealkylation sites (N-methyl/N-ethyl adjacent to an activating group) is 1. The van der Waals surface area contributed by atoms with E-state index in [2.05, 4.69) is 20.2 Å². The SMILES string of the molecule is CCN(CC(CC(C)C=N)c1cccnc1)C(=O)N=NCC(=O)Oc1ccccn1.